The number of methoxy groups -OCH3 is 1. The van der Waals surface area contributed by atoms with Crippen molar-refractivity contribution in [3.05, 3.63) is 35.6 Å². The molecule has 5 nitrogen and oxygen atoms in total. The number of hydrogen-bond acceptors (Lipinski definition) is 4. The first-order valence-electron chi connectivity index (χ1n) is 14.3. The van der Waals surface area contributed by atoms with Crippen LogP contribution in [0.1, 0.15) is 87.4 Å². The van der Waals surface area contributed by atoms with E-state index in [-0.39, 0.29) is 23.4 Å². The van der Waals surface area contributed by atoms with Gasteiger partial charge in [0, 0.05) is 37.7 Å². The number of nitrogens with zero attached hydrogens (tertiary/aromatic N) is 1. The number of hydrogen-bond donors (Lipinski definition) is 1. The summed E-state index contributed by atoms with van der Waals surface area (Å²) in [4.78, 5) is 27.8. The molecule has 0 atom stereocenters. The van der Waals surface area contributed by atoms with Gasteiger partial charge in [0.05, 0.1) is 0 Å². The summed E-state index contributed by atoms with van der Waals surface area (Å²) >= 11 is 0. The number of Topliss-reactive ketones (excluding diaryl/α,β-unsaturated/α-hetero) is 1. The summed E-state index contributed by atoms with van der Waals surface area (Å²) in [6.45, 7) is 3.90. The number of halogens is 1. The van der Waals surface area contributed by atoms with Gasteiger partial charge < -0.3 is 15.0 Å². The number of ketones is 1. The molecule has 0 spiro atoms. The van der Waals surface area contributed by atoms with Gasteiger partial charge in [0.15, 0.2) is 5.78 Å². The van der Waals surface area contributed by atoms with E-state index in [2.05, 4.69) is 10.2 Å². The number of carbonyl (C=O) groups is 2. The summed E-state index contributed by atoms with van der Waals surface area (Å²) in [5.41, 5.74) is 0.633. The lowest BCUT2D eigenvalue weighted by molar-refractivity contribution is -0.123. The van der Waals surface area contributed by atoms with Crippen LogP contribution in [0, 0.1) is 29.5 Å². The number of nitrogens with one attached hydrogen (secondary N) is 1. The summed E-state index contributed by atoms with van der Waals surface area (Å²) in [5, 5.41) is 3.33. The Morgan fingerprint density at radius 3 is 2.14 bits per heavy atom. The molecule has 36 heavy (non-hydrogen) atoms. The largest absolute Gasteiger partial charge is 0.384 e. The van der Waals surface area contributed by atoms with Crippen molar-refractivity contribution in [1.29, 1.82) is 0 Å². The summed E-state index contributed by atoms with van der Waals surface area (Å²) in [7, 11) is 1.78. The third-order valence-electron chi connectivity index (χ3n) is 9.00. The van der Waals surface area contributed by atoms with Crippen LogP contribution in [0.2, 0.25) is 0 Å². The van der Waals surface area contributed by atoms with Crippen molar-refractivity contribution in [2.24, 2.45) is 23.7 Å². The van der Waals surface area contributed by atoms with E-state index in [1.54, 1.807) is 19.2 Å². The molecule has 200 valence electrons. The van der Waals surface area contributed by atoms with E-state index in [4.69, 9.17) is 4.74 Å². The first-order valence-corrected chi connectivity index (χ1v) is 14.3. The predicted molar refractivity (Wildman–Crippen MR) is 140 cm³/mol. The zero-order valence-electron chi connectivity index (χ0n) is 22.1. The number of amides is 1. The summed E-state index contributed by atoms with van der Waals surface area (Å²) < 4.78 is 18.4. The molecular weight excluding hydrogens is 455 g/mol. The zero-order valence-corrected chi connectivity index (χ0v) is 22.1. The fraction of sp³-hybridized carbons (Fsp3) is 0.733. The second-order valence-electron chi connectivity index (χ2n) is 11.6. The molecule has 4 rings (SSSR count). The van der Waals surface area contributed by atoms with Gasteiger partial charge in [-0.2, -0.15) is 0 Å². The minimum atomic E-state index is -0.297. The van der Waals surface area contributed by atoms with Crippen LogP contribution in [-0.4, -0.2) is 56.0 Å². The van der Waals surface area contributed by atoms with E-state index in [0.29, 0.717) is 29.9 Å². The highest BCUT2D eigenvalue weighted by Crippen LogP contribution is 2.32. The molecule has 1 N–H and O–H groups in total. The quantitative estimate of drug-likeness (QED) is 0.423. The number of carbonyl (C=O) groups excluding carboxylic acids is 2. The normalized spacial score (nSPS) is 28.1. The Kier molecular flexibility index (Phi) is 10.3. The fourth-order valence-electron chi connectivity index (χ4n) is 6.62. The van der Waals surface area contributed by atoms with Gasteiger partial charge in [-0.3, -0.25) is 9.59 Å². The molecule has 1 heterocycles. The van der Waals surface area contributed by atoms with Gasteiger partial charge in [0.2, 0.25) is 5.91 Å². The second kappa shape index (κ2) is 13.7. The monoisotopic (exact) mass is 500 g/mol. The first-order chi connectivity index (χ1) is 17.5. The van der Waals surface area contributed by atoms with E-state index in [1.807, 2.05) is 0 Å². The molecule has 0 bridgehead atoms. The van der Waals surface area contributed by atoms with E-state index >= 15 is 0 Å². The van der Waals surface area contributed by atoms with Gasteiger partial charge in [0.1, 0.15) is 5.82 Å². The van der Waals surface area contributed by atoms with Crippen molar-refractivity contribution >= 4 is 11.7 Å². The molecule has 1 aliphatic heterocycles. The molecular formula is C30H45FN2O3. The van der Waals surface area contributed by atoms with Crippen molar-refractivity contribution in [3.63, 3.8) is 0 Å². The number of benzene rings is 1. The number of likely N-dealkylation sites (tertiary alicyclic amines) is 1. The SMILES string of the molecule is COC[C@H]1CC[C@H](CC(=O)N[C@H]2CC[C@H](CCN3CCC(C(=O)c4ccc(F)cc4)CC3)CC2)CC1. The van der Waals surface area contributed by atoms with Crippen LogP contribution in [0.5, 0.6) is 0 Å². The molecule has 3 aliphatic rings. The highest BCUT2D eigenvalue weighted by atomic mass is 19.1. The molecule has 1 aromatic carbocycles. The minimum Gasteiger partial charge on any atom is -0.384 e. The number of rotatable bonds is 10. The predicted octanol–water partition coefficient (Wildman–Crippen LogP) is 5.63. The maximum absolute atomic E-state index is 13.1. The van der Waals surface area contributed by atoms with E-state index in [1.165, 1.54) is 44.2 Å². The number of piperidine rings is 1. The highest BCUT2D eigenvalue weighted by Gasteiger charge is 2.28. The van der Waals surface area contributed by atoms with Crippen LogP contribution in [0.25, 0.3) is 0 Å². The van der Waals surface area contributed by atoms with Crippen molar-refractivity contribution in [1.82, 2.24) is 10.2 Å². The lowest BCUT2D eigenvalue weighted by Gasteiger charge is -2.34. The lowest BCUT2D eigenvalue weighted by Crippen LogP contribution is -2.40. The van der Waals surface area contributed by atoms with Crippen LogP contribution in [0.4, 0.5) is 4.39 Å². The smallest absolute Gasteiger partial charge is 0.220 e. The Hall–Kier alpha value is -1.79. The summed E-state index contributed by atoms with van der Waals surface area (Å²) in [6.07, 6.45) is 13.0. The Labute approximate surface area is 216 Å². The first kappa shape index (κ1) is 27.3. The molecule has 3 fully saturated rings. The topological polar surface area (TPSA) is 58.6 Å². The average molecular weight is 501 g/mol. The maximum Gasteiger partial charge on any atom is 0.220 e. The molecule has 1 amide bonds. The zero-order chi connectivity index (χ0) is 25.3. The fourth-order valence-corrected chi connectivity index (χ4v) is 6.62. The Morgan fingerprint density at radius 1 is 0.889 bits per heavy atom. The van der Waals surface area contributed by atoms with Crippen LogP contribution < -0.4 is 5.32 Å². The molecule has 6 heteroatoms. The molecule has 0 radical (unpaired) electrons. The summed E-state index contributed by atoms with van der Waals surface area (Å²) in [6, 6.07) is 6.32. The van der Waals surface area contributed by atoms with Gasteiger partial charge in [0.25, 0.3) is 0 Å². The lowest BCUT2D eigenvalue weighted by atomic mass is 9.80. The molecule has 2 aliphatic carbocycles. The van der Waals surface area contributed by atoms with E-state index in [9.17, 15) is 14.0 Å². The van der Waals surface area contributed by atoms with Crippen LogP contribution in [0.15, 0.2) is 24.3 Å². The maximum atomic E-state index is 13.1. The third kappa shape index (κ3) is 8.11. The highest BCUT2D eigenvalue weighted by molar-refractivity contribution is 5.97. The standard InChI is InChI=1S/C30H45FN2O3/c1-36-21-24-4-2-23(3-5-24)20-29(34)32-28-12-6-22(7-13-28)14-17-33-18-15-26(16-19-33)30(35)25-8-10-27(31)11-9-25/h8-11,22-24,26,28H,2-7,12-21H2,1H3,(H,32,34)/t22-,23-,24-,28-. The average Bonchev–Trinajstić information content (AvgIpc) is 2.90. The van der Waals surface area contributed by atoms with Crippen LogP contribution >= 0.6 is 0 Å². The van der Waals surface area contributed by atoms with Crippen molar-refractivity contribution in [3.8, 4) is 0 Å². The van der Waals surface area contributed by atoms with Crippen LogP contribution in [0.3, 0.4) is 0 Å². The summed E-state index contributed by atoms with van der Waals surface area (Å²) in [5.74, 6) is 2.15. The van der Waals surface area contributed by atoms with E-state index in [0.717, 1.165) is 70.7 Å². The van der Waals surface area contributed by atoms with Crippen molar-refractivity contribution in [2.45, 2.75) is 83.1 Å². The molecule has 1 aromatic rings. The Bertz CT molecular complexity index is 821. The van der Waals surface area contributed by atoms with Gasteiger partial charge in [-0.05, 0) is 132 Å². The molecule has 2 saturated carbocycles. The van der Waals surface area contributed by atoms with Gasteiger partial charge in [-0.1, -0.05) is 0 Å². The molecule has 1 saturated heterocycles. The van der Waals surface area contributed by atoms with Gasteiger partial charge in [-0.15, -0.1) is 0 Å². The number of ether oxygens (including phenoxy) is 1. The Morgan fingerprint density at radius 2 is 1.50 bits per heavy atom. The molecule has 0 aromatic heterocycles. The second-order valence-corrected chi connectivity index (χ2v) is 11.6. The third-order valence-corrected chi connectivity index (χ3v) is 9.00. The van der Waals surface area contributed by atoms with Gasteiger partial charge in [-0.25, -0.2) is 4.39 Å². The van der Waals surface area contributed by atoms with Crippen molar-refractivity contribution in [2.75, 3.05) is 33.4 Å². The van der Waals surface area contributed by atoms with E-state index < -0.39 is 0 Å². The molecule has 0 unspecified atom stereocenters. The van der Waals surface area contributed by atoms with Crippen molar-refractivity contribution < 1.29 is 18.7 Å². The minimum absolute atomic E-state index is 0.0613. The Balaban J connectivity index is 1.07. The van der Waals surface area contributed by atoms with Crippen LogP contribution in [-0.2, 0) is 9.53 Å². The van der Waals surface area contributed by atoms with Gasteiger partial charge >= 0.3 is 0 Å².